The van der Waals surface area contributed by atoms with Gasteiger partial charge in [0, 0.05) is 5.46 Å². The van der Waals surface area contributed by atoms with Crippen molar-refractivity contribution in [1.29, 1.82) is 0 Å². The van der Waals surface area contributed by atoms with Gasteiger partial charge in [-0.1, -0.05) is 12.1 Å². The van der Waals surface area contributed by atoms with Gasteiger partial charge in [0.05, 0.1) is 17.8 Å². The second-order valence-corrected chi connectivity index (χ2v) is 5.60. The van der Waals surface area contributed by atoms with Crippen LogP contribution in [0.25, 0.3) is 0 Å². The third-order valence-electron chi connectivity index (χ3n) is 3.75. The zero-order valence-corrected chi connectivity index (χ0v) is 11.2. The lowest BCUT2D eigenvalue weighted by Gasteiger charge is -2.32. The molecule has 2 rings (SSSR count). The van der Waals surface area contributed by atoms with Crippen molar-refractivity contribution in [2.24, 2.45) is 0 Å². The second kappa shape index (κ2) is 4.33. The molecule has 1 saturated heterocycles. The molecule has 1 aliphatic rings. The van der Waals surface area contributed by atoms with Gasteiger partial charge < -0.3 is 14.4 Å². The summed E-state index contributed by atoms with van der Waals surface area (Å²) in [5.41, 5.74) is -0.0712. The normalized spacial score (nSPS) is 21.3. The van der Waals surface area contributed by atoms with Crippen molar-refractivity contribution in [3.8, 4) is 0 Å². The molecule has 0 bridgehead atoms. The van der Waals surface area contributed by atoms with Crippen LogP contribution in [0.2, 0.25) is 0 Å². The Hall–Kier alpha value is -0.905. The van der Waals surface area contributed by atoms with E-state index in [9.17, 15) is 4.39 Å². The molecule has 1 aromatic carbocycles. The molecule has 1 aromatic rings. The highest BCUT2D eigenvalue weighted by molar-refractivity contribution is 6.62. The molecule has 0 atom stereocenters. The molecule has 0 aromatic heterocycles. The van der Waals surface area contributed by atoms with Gasteiger partial charge in [-0.3, -0.25) is 0 Å². The summed E-state index contributed by atoms with van der Waals surface area (Å²) in [7, 11) is -0.706. The molecule has 18 heavy (non-hydrogen) atoms. The molecule has 1 aliphatic heterocycles. The molecule has 3 nitrogen and oxygen atoms in total. The molecule has 1 heterocycles. The summed E-state index contributed by atoms with van der Waals surface area (Å²) in [6.07, 6.45) is 0. The van der Waals surface area contributed by atoms with Crippen molar-refractivity contribution in [2.45, 2.75) is 45.5 Å². The molecule has 5 heteroatoms. The van der Waals surface area contributed by atoms with E-state index in [2.05, 4.69) is 0 Å². The Morgan fingerprint density at radius 3 is 2.17 bits per heavy atom. The number of aliphatic hydroxyl groups excluding tert-OH is 1. The summed E-state index contributed by atoms with van der Waals surface area (Å²) in [5, 5.41) is 8.96. The van der Waals surface area contributed by atoms with Crippen molar-refractivity contribution in [3.05, 3.63) is 29.6 Å². The van der Waals surface area contributed by atoms with E-state index in [1.54, 1.807) is 12.1 Å². The maximum atomic E-state index is 13.9. The molecular formula is C13H18BFO3. The van der Waals surface area contributed by atoms with E-state index in [0.29, 0.717) is 11.0 Å². The van der Waals surface area contributed by atoms with Crippen LogP contribution in [-0.2, 0) is 15.9 Å². The van der Waals surface area contributed by atoms with E-state index in [1.807, 2.05) is 27.7 Å². The largest absolute Gasteiger partial charge is 0.497 e. The van der Waals surface area contributed by atoms with E-state index < -0.39 is 24.1 Å². The quantitative estimate of drug-likeness (QED) is 0.813. The van der Waals surface area contributed by atoms with Crippen LogP contribution in [0.1, 0.15) is 33.3 Å². The highest BCUT2D eigenvalue weighted by Crippen LogP contribution is 2.36. The Kier molecular flexibility index (Phi) is 3.26. The van der Waals surface area contributed by atoms with Crippen LogP contribution in [0, 0.1) is 5.82 Å². The zero-order valence-electron chi connectivity index (χ0n) is 11.2. The number of aliphatic hydroxyl groups is 1. The van der Waals surface area contributed by atoms with E-state index in [0.717, 1.165) is 0 Å². The lowest BCUT2D eigenvalue weighted by molar-refractivity contribution is 0.00578. The summed E-state index contributed by atoms with van der Waals surface area (Å²) < 4.78 is 25.5. The monoisotopic (exact) mass is 252 g/mol. The van der Waals surface area contributed by atoms with Crippen molar-refractivity contribution >= 4 is 12.6 Å². The lowest BCUT2D eigenvalue weighted by atomic mass is 9.78. The van der Waals surface area contributed by atoms with E-state index >= 15 is 0 Å². The molecule has 0 unspecified atom stereocenters. The third kappa shape index (κ3) is 2.18. The van der Waals surface area contributed by atoms with Crippen LogP contribution in [0.5, 0.6) is 0 Å². The van der Waals surface area contributed by atoms with Gasteiger partial charge in [-0.05, 0) is 39.3 Å². The van der Waals surface area contributed by atoms with Gasteiger partial charge in [0.2, 0.25) is 0 Å². The third-order valence-corrected chi connectivity index (χ3v) is 3.75. The van der Waals surface area contributed by atoms with Crippen LogP contribution in [0.4, 0.5) is 4.39 Å². The molecule has 0 saturated carbocycles. The standard InChI is InChI=1S/C13H18BFO3/c1-12(2)13(3,4)18-14(17-12)10-6-5-9(8-16)7-11(10)15/h5-7,16H,8H2,1-4H3. The average Bonchev–Trinajstić information content (AvgIpc) is 2.47. The van der Waals surface area contributed by atoms with E-state index in [1.165, 1.54) is 6.07 Å². The number of benzene rings is 1. The van der Waals surface area contributed by atoms with Gasteiger partial charge in [-0.15, -0.1) is 0 Å². The number of rotatable bonds is 2. The van der Waals surface area contributed by atoms with Crippen molar-refractivity contribution in [1.82, 2.24) is 0 Å². The van der Waals surface area contributed by atoms with Crippen molar-refractivity contribution in [2.75, 3.05) is 0 Å². The second-order valence-electron chi connectivity index (χ2n) is 5.60. The van der Waals surface area contributed by atoms with Gasteiger partial charge in [0.1, 0.15) is 5.82 Å². The Morgan fingerprint density at radius 1 is 1.17 bits per heavy atom. The predicted octanol–water partition coefficient (Wildman–Crippen LogP) is 1.62. The van der Waals surface area contributed by atoms with Crippen LogP contribution < -0.4 is 5.46 Å². The predicted molar refractivity (Wildman–Crippen MR) is 68.0 cm³/mol. The first-order chi connectivity index (χ1) is 8.27. The first kappa shape index (κ1) is 13.5. The highest BCUT2D eigenvalue weighted by atomic mass is 19.1. The fraction of sp³-hybridized carbons (Fsp3) is 0.538. The Labute approximate surface area is 107 Å². The molecule has 98 valence electrons. The highest BCUT2D eigenvalue weighted by Gasteiger charge is 2.52. The van der Waals surface area contributed by atoms with Crippen LogP contribution in [0.3, 0.4) is 0 Å². The molecule has 1 fully saturated rings. The molecule has 0 radical (unpaired) electrons. The average molecular weight is 252 g/mol. The Balaban J connectivity index is 2.30. The smallest absolute Gasteiger partial charge is 0.399 e. The Bertz CT molecular complexity index is 444. The maximum absolute atomic E-state index is 13.9. The number of halogens is 1. The van der Waals surface area contributed by atoms with Crippen molar-refractivity contribution in [3.63, 3.8) is 0 Å². The summed E-state index contributed by atoms with van der Waals surface area (Å²) in [6, 6.07) is 4.58. The maximum Gasteiger partial charge on any atom is 0.497 e. The van der Waals surface area contributed by atoms with Gasteiger partial charge in [-0.25, -0.2) is 4.39 Å². The number of hydrogen-bond donors (Lipinski definition) is 1. The first-order valence-corrected chi connectivity index (χ1v) is 6.02. The summed E-state index contributed by atoms with van der Waals surface area (Å²) in [4.78, 5) is 0. The van der Waals surface area contributed by atoms with Gasteiger partial charge >= 0.3 is 7.12 Å². The molecule has 0 aliphatic carbocycles. The molecule has 1 N–H and O–H groups in total. The SMILES string of the molecule is CC1(C)OB(c2ccc(CO)cc2F)OC1(C)C. The van der Waals surface area contributed by atoms with Gasteiger partial charge in [0.15, 0.2) is 0 Å². The first-order valence-electron chi connectivity index (χ1n) is 6.02. The summed E-state index contributed by atoms with van der Waals surface area (Å²) in [5.74, 6) is -0.417. The molecule has 0 spiro atoms. The fourth-order valence-electron chi connectivity index (χ4n) is 1.83. The topological polar surface area (TPSA) is 38.7 Å². The lowest BCUT2D eigenvalue weighted by Crippen LogP contribution is -2.41. The van der Waals surface area contributed by atoms with Crippen LogP contribution in [-0.4, -0.2) is 23.4 Å². The number of hydrogen-bond acceptors (Lipinski definition) is 3. The zero-order chi connectivity index (χ0) is 13.6. The van der Waals surface area contributed by atoms with Gasteiger partial charge in [-0.2, -0.15) is 0 Å². The summed E-state index contributed by atoms with van der Waals surface area (Å²) >= 11 is 0. The Morgan fingerprint density at radius 2 is 1.72 bits per heavy atom. The molecule has 0 amide bonds. The minimum atomic E-state index is -0.706. The minimum Gasteiger partial charge on any atom is -0.399 e. The van der Waals surface area contributed by atoms with Crippen LogP contribution >= 0.6 is 0 Å². The van der Waals surface area contributed by atoms with E-state index in [4.69, 9.17) is 14.4 Å². The fourth-order valence-corrected chi connectivity index (χ4v) is 1.83. The van der Waals surface area contributed by atoms with Gasteiger partial charge in [0.25, 0.3) is 0 Å². The minimum absolute atomic E-state index is 0.180. The molecular weight excluding hydrogens is 234 g/mol. The van der Waals surface area contributed by atoms with E-state index in [-0.39, 0.29) is 6.61 Å². The van der Waals surface area contributed by atoms with Crippen molar-refractivity contribution < 1.29 is 18.8 Å². The summed E-state index contributed by atoms with van der Waals surface area (Å²) in [6.45, 7) is 7.51. The van der Waals surface area contributed by atoms with Crippen LogP contribution in [0.15, 0.2) is 18.2 Å².